The summed E-state index contributed by atoms with van der Waals surface area (Å²) >= 11 is 0. The summed E-state index contributed by atoms with van der Waals surface area (Å²) in [4.78, 5) is 0. The minimum absolute atomic E-state index is 0.0263. The minimum Gasteiger partial charge on any atom is -0.396 e. The number of benzene rings is 1. The average molecular weight is 254 g/mol. The second kappa shape index (κ2) is 9.05. The number of rotatable bonds is 9. The van der Waals surface area contributed by atoms with Crippen LogP contribution in [0, 0.1) is 5.92 Å². The zero-order chi connectivity index (χ0) is 13.2. The van der Waals surface area contributed by atoms with Gasteiger partial charge in [0.2, 0.25) is 0 Å². The van der Waals surface area contributed by atoms with Crippen molar-refractivity contribution in [3.8, 4) is 0 Å². The molecule has 0 aromatic heterocycles. The van der Waals surface area contributed by atoms with Crippen LogP contribution in [0.4, 0.5) is 0 Å². The Balaban J connectivity index is 2.47. The van der Waals surface area contributed by atoms with Gasteiger partial charge >= 0.3 is 0 Å². The van der Waals surface area contributed by atoms with E-state index < -0.39 is 0 Å². The number of methoxy groups -OCH3 is 1. The maximum atomic E-state index is 9.27. The molecule has 0 saturated heterocycles. The van der Waals surface area contributed by atoms with Crippen molar-refractivity contribution in [3.05, 3.63) is 35.9 Å². The molecule has 1 aromatic carbocycles. The van der Waals surface area contributed by atoms with E-state index in [1.165, 1.54) is 0 Å². The molecule has 2 atom stereocenters. The lowest BCUT2D eigenvalue weighted by Crippen LogP contribution is -2.19. The molecule has 0 bridgehead atoms. The summed E-state index contributed by atoms with van der Waals surface area (Å²) in [6.07, 6.45) is -0.154. The Morgan fingerprint density at radius 3 is 2.50 bits per heavy atom. The molecule has 4 nitrogen and oxygen atoms in total. The number of hydrogen-bond donors (Lipinski definition) is 1. The Morgan fingerprint density at radius 1 is 1.17 bits per heavy atom. The van der Waals surface area contributed by atoms with Crippen LogP contribution in [-0.2, 0) is 14.2 Å². The third-order valence-electron chi connectivity index (χ3n) is 2.70. The third-order valence-corrected chi connectivity index (χ3v) is 2.70. The SMILES string of the molecule is COCCOCOC(c1ccccc1)C(C)CO. The standard InChI is InChI=1S/C14H22O4/c1-12(10-15)14(13-6-4-3-5-7-13)18-11-17-9-8-16-2/h3-7,12,14-15H,8-11H2,1-2H3. The molecule has 0 radical (unpaired) electrons. The van der Waals surface area contributed by atoms with Crippen LogP contribution in [0.25, 0.3) is 0 Å². The average Bonchev–Trinajstić information content (AvgIpc) is 2.43. The molecule has 0 amide bonds. The highest BCUT2D eigenvalue weighted by molar-refractivity contribution is 5.18. The van der Waals surface area contributed by atoms with Crippen molar-refractivity contribution in [2.45, 2.75) is 13.0 Å². The fourth-order valence-corrected chi connectivity index (χ4v) is 1.65. The van der Waals surface area contributed by atoms with Gasteiger partial charge in [0.25, 0.3) is 0 Å². The normalized spacial score (nSPS) is 14.4. The fourth-order valence-electron chi connectivity index (χ4n) is 1.65. The zero-order valence-electron chi connectivity index (χ0n) is 11.0. The maximum Gasteiger partial charge on any atom is 0.147 e. The number of ether oxygens (including phenoxy) is 3. The summed E-state index contributed by atoms with van der Waals surface area (Å²) in [6.45, 7) is 3.29. The molecule has 0 saturated carbocycles. The first kappa shape index (κ1) is 15.1. The molecule has 0 heterocycles. The smallest absolute Gasteiger partial charge is 0.147 e. The van der Waals surface area contributed by atoms with Gasteiger partial charge in [-0.25, -0.2) is 0 Å². The molecule has 0 aliphatic carbocycles. The van der Waals surface area contributed by atoms with Gasteiger partial charge in [0.05, 0.1) is 19.3 Å². The van der Waals surface area contributed by atoms with Crippen molar-refractivity contribution in [1.29, 1.82) is 0 Å². The van der Waals surface area contributed by atoms with Crippen LogP contribution < -0.4 is 0 Å². The third kappa shape index (κ3) is 5.14. The largest absolute Gasteiger partial charge is 0.396 e. The van der Waals surface area contributed by atoms with Crippen LogP contribution >= 0.6 is 0 Å². The molecular weight excluding hydrogens is 232 g/mol. The van der Waals surface area contributed by atoms with Crippen molar-refractivity contribution in [2.75, 3.05) is 33.7 Å². The van der Waals surface area contributed by atoms with Crippen molar-refractivity contribution in [2.24, 2.45) is 5.92 Å². The predicted octanol–water partition coefficient (Wildman–Crippen LogP) is 1.99. The first-order chi connectivity index (χ1) is 8.79. The topological polar surface area (TPSA) is 47.9 Å². The summed E-state index contributed by atoms with van der Waals surface area (Å²) in [5.74, 6) is 0.0263. The molecule has 2 unspecified atom stereocenters. The van der Waals surface area contributed by atoms with Gasteiger partial charge in [-0.05, 0) is 5.56 Å². The Kier molecular flexibility index (Phi) is 7.60. The Hall–Kier alpha value is -0.940. The van der Waals surface area contributed by atoms with Gasteiger partial charge in [-0.15, -0.1) is 0 Å². The van der Waals surface area contributed by atoms with E-state index in [9.17, 15) is 5.11 Å². The van der Waals surface area contributed by atoms with Crippen LogP contribution in [0.1, 0.15) is 18.6 Å². The van der Waals surface area contributed by atoms with E-state index in [4.69, 9.17) is 14.2 Å². The van der Waals surface area contributed by atoms with E-state index in [1.807, 2.05) is 37.3 Å². The lowest BCUT2D eigenvalue weighted by Gasteiger charge is -2.23. The highest BCUT2D eigenvalue weighted by atomic mass is 16.7. The monoisotopic (exact) mass is 254 g/mol. The quantitative estimate of drug-likeness (QED) is 0.541. The van der Waals surface area contributed by atoms with Crippen LogP contribution in [0.15, 0.2) is 30.3 Å². The Labute approximate surface area is 108 Å². The zero-order valence-corrected chi connectivity index (χ0v) is 11.0. The fraction of sp³-hybridized carbons (Fsp3) is 0.571. The maximum absolute atomic E-state index is 9.27. The molecule has 1 rings (SSSR count). The van der Waals surface area contributed by atoms with Crippen LogP contribution in [-0.4, -0.2) is 38.8 Å². The molecular formula is C14H22O4. The second-order valence-electron chi connectivity index (χ2n) is 4.18. The van der Waals surface area contributed by atoms with Crippen molar-refractivity contribution in [1.82, 2.24) is 0 Å². The van der Waals surface area contributed by atoms with E-state index in [0.717, 1.165) is 5.56 Å². The lowest BCUT2D eigenvalue weighted by atomic mass is 9.98. The van der Waals surface area contributed by atoms with E-state index in [0.29, 0.717) is 13.2 Å². The second-order valence-corrected chi connectivity index (χ2v) is 4.18. The summed E-state index contributed by atoms with van der Waals surface area (Å²) in [5.41, 5.74) is 1.05. The van der Waals surface area contributed by atoms with Crippen molar-refractivity contribution >= 4 is 0 Å². The Morgan fingerprint density at radius 2 is 1.89 bits per heavy atom. The highest BCUT2D eigenvalue weighted by Crippen LogP contribution is 2.25. The van der Waals surface area contributed by atoms with Crippen LogP contribution in [0.5, 0.6) is 0 Å². The van der Waals surface area contributed by atoms with Crippen molar-refractivity contribution < 1.29 is 19.3 Å². The van der Waals surface area contributed by atoms with Gasteiger partial charge in [0.1, 0.15) is 6.79 Å². The summed E-state index contributed by atoms with van der Waals surface area (Å²) in [7, 11) is 1.63. The Bertz CT molecular complexity index is 302. The van der Waals surface area contributed by atoms with Crippen molar-refractivity contribution in [3.63, 3.8) is 0 Å². The molecule has 0 aliphatic heterocycles. The predicted molar refractivity (Wildman–Crippen MR) is 69.2 cm³/mol. The summed E-state index contributed by atoms with van der Waals surface area (Å²) in [6, 6.07) is 9.86. The molecule has 4 heteroatoms. The van der Waals surface area contributed by atoms with Crippen LogP contribution in [0.3, 0.4) is 0 Å². The van der Waals surface area contributed by atoms with E-state index in [-0.39, 0.29) is 25.4 Å². The molecule has 0 spiro atoms. The highest BCUT2D eigenvalue weighted by Gasteiger charge is 2.19. The molecule has 102 valence electrons. The first-order valence-corrected chi connectivity index (χ1v) is 6.13. The minimum atomic E-state index is -0.154. The molecule has 0 aliphatic rings. The number of hydrogen-bond acceptors (Lipinski definition) is 4. The number of aliphatic hydroxyl groups is 1. The number of aliphatic hydroxyl groups excluding tert-OH is 1. The first-order valence-electron chi connectivity index (χ1n) is 6.13. The molecule has 1 N–H and O–H groups in total. The summed E-state index contributed by atoms with van der Waals surface area (Å²) in [5, 5.41) is 9.27. The van der Waals surface area contributed by atoms with Crippen LogP contribution in [0.2, 0.25) is 0 Å². The molecule has 0 fully saturated rings. The molecule has 18 heavy (non-hydrogen) atoms. The van der Waals surface area contributed by atoms with Gasteiger partial charge in [-0.3, -0.25) is 0 Å². The van der Waals surface area contributed by atoms with Gasteiger partial charge in [-0.1, -0.05) is 37.3 Å². The molecule has 1 aromatic rings. The van der Waals surface area contributed by atoms with E-state index in [1.54, 1.807) is 7.11 Å². The summed E-state index contributed by atoms with van der Waals surface area (Å²) < 4.78 is 15.9. The van der Waals surface area contributed by atoms with E-state index >= 15 is 0 Å². The van der Waals surface area contributed by atoms with Gasteiger partial charge in [0.15, 0.2) is 0 Å². The van der Waals surface area contributed by atoms with E-state index in [2.05, 4.69) is 0 Å². The van der Waals surface area contributed by atoms with Gasteiger partial charge in [-0.2, -0.15) is 0 Å². The lowest BCUT2D eigenvalue weighted by molar-refractivity contribution is -0.117. The van der Waals surface area contributed by atoms with Gasteiger partial charge in [0, 0.05) is 19.6 Å². The van der Waals surface area contributed by atoms with Gasteiger partial charge < -0.3 is 19.3 Å².